The van der Waals surface area contributed by atoms with Gasteiger partial charge in [-0.1, -0.05) is 19.1 Å². The van der Waals surface area contributed by atoms with Crippen molar-refractivity contribution in [3.63, 3.8) is 0 Å². The van der Waals surface area contributed by atoms with Crippen molar-refractivity contribution >= 4 is 5.91 Å². The van der Waals surface area contributed by atoms with Crippen molar-refractivity contribution in [2.24, 2.45) is 0 Å². The Kier molecular flexibility index (Phi) is 5.73. The molecule has 0 unspecified atom stereocenters. The summed E-state index contributed by atoms with van der Waals surface area (Å²) in [7, 11) is 0. The second-order valence-corrected chi connectivity index (χ2v) is 5.76. The maximum Gasteiger partial charge on any atom is 0.274 e. The average molecular weight is 291 g/mol. The fraction of sp³-hybridized carbons (Fsp3) is 0.562. The Bertz CT molecular complexity index is 461. The van der Waals surface area contributed by atoms with E-state index in [-0.39, 0.29) is 0 Å². The van der Waals surface area contributed by atoms with Crippen LogP contribution in [0, 0.1) is 0 Å². The first kappa shape index (κ1) is 15.9. The highest BCUT2D eigenvalue weighted by atomic mass is 16.5. The molecule has 1 aliphatic rings. The molecule has 1 atom stereocenters. The van der Waals surface area contributed by atoms with E-state index in [0.717, 1.165) is 26.2 Å². The molecule has 1 amide bonds. The Morgan fingerprint density at radius 2 is 2.05 bits per heavy atom. The van der Waals surface area contributed by atoms with Crippen LogP contribution in [0.25, 0.3) is 0 Å². The van der Waals surface area contributed by atoms with E-state index in [1.807, 2.05) is 12.1 Å². The molecular weight excluding hydrogens is 266 g/mol. The third-order valence-corrected chi connectivity index (χ3v) is 4.08. The van der Waals surface area contributed by atoms with Crippen LogP contribution in [0.3, 0.4) is 0 Å². The van der Waals surface area contributed by atoms with Crippen LogP contribution in [0.15, 0.2) is 24.3 Å². The fourth-order valence-corrected chi connectivity index (χ4v) is 2.92. The Labute approximate surface area is 126 Å². The van der Waals surface area contributed by atoms with Crippen molar-refractivity contribution in [3.8, 4) is 0 Å². The molecule has 0 spiro atoms. The molecule has 0 aliphatic carbocycles. The quantitative estimate of drug-likeness (QED) is 0.641. The second kappa shape index (κ2) is 7.54. The first-order chi connectivity index (χ1) is 10.1. The Morgan fingerprint density at radius 3 is 2.62 bits per heavy atom. The highest BCUT2D eigenvalue weighted by Gasteiger charge is 2.22. The number of carbonyl (C=O) groups is 1. The van der Waals surface area contributed by atoms with Gasteiger partial charge >= 0.3 is 0 Å². The number of carbonyl (C=O) groups excluding carboxylic acids is 1. The van der Waals surface area contributed by atoms with Crippen LogP contribution in [0.1, 0.15) is 36.2 Å². The zero-order valence-corrected chi connectivity index (χ0v) is 12.9. The minimum absolute atomic E-state index is 0.469. The predicted octanol–water partition coefficient (Wildman–Crippen LogP) is 1.72. The summed E-state index contributed by atoms with van der Waals surface area (Å²) in [5.41, 5.74) is 3.32. The van der Waals surface area contributed by atoms with E-state index in [1.54, 1.807) is 17.6 Å². The van der Waals surface area contributed by atoms with Gasteiger partial charge in [-0.3, -0.25) is 19.8 Å². The van der Waals surface area contributed by atoms with Gasteiger partial charge in [-0.05, 0) is 37.6 Å². The Hall–Kier alpha value is -1.43. The molecule has 2 rings (SSSR count). The zero-order valence-electron chi connectivity index (χ0n) is 12.9. The highest BCUT2D eigenvalue weighted by Crippen LogP contribution is 2.14. The van der Waals surface area contributed by atoms with Gasteiger partial charge in [-0.15, -0.1) is 0 Å². The van der Waals surface area contributed by atoms with Crippen molar-refractivity contribution in [2.45, 2.75) is 32.9 Å². The number of rotatable bonds is 5. The minimum Gasteiger partial charge on any atom is -0.298 e. The SMILES string of the molecule is CCCN1CCN(Cc2ccc(C(=O)NO)cc2)C[C@@H]1C. The molecule has 1 aromatic carbocycles. The molecule has 116 valence electrons. The maximum atomic E-state index is 11.3. The lowest BCUT2D eigenvalue weighted by Gasteiger charge is -2.39. The maximum absolute atomic E-state index is 11.3. The van der Waals surface area contributed by atoms with Gasteiger partial charge in [0.15, 0.2) is 0 Å². The number of hydrogen-bond donors (Lipinski definition) is 2. The van der Waals surface area contributed by atoms with Gasteiger partial charge < -0.3 is 0 Å². The lowest BCUT2D eigenvalue weighted by Crippen LogP contribution is -2.51. The van der Waals surface area contributed by atoms with Crippen LogP contribution in [-0.2, 0) is 6.54 Å². The number of hydrogen-bond acceptors (Lipinski definition) is 4. The van der Waals surface area contributed by atoms with Gasteiger partial charge in [0.2, 0.25) is 0 Å². The van der Waals surface area contributed by atoms with Crippen LogP contribution >= 0.6 is 0 Å². The third-order valence-electron chi connectivity index (χ3n) is 4.08. The van der Waals surface area contributed by atoms with E-state index in [0.29, 0.717) is 11.6 Å². The van der Waals surface area contributed by atoms with Crippen molar-refractivity contribution < 1.29 is 10.0 Å². The van der Waals surface area contributed by atoms with Crippen LogP contribution < -0.4 is 5.48 Å². The van der Waals surface area contributed by atoms with Crippen LogP contribution in [-0.4, -0.2) is 53.1 Å². The molecule has 0 aromatic heterocycles. The summed E-state index contributed by atoms with van der Waals surface area (Å²) in [6.07, 6.45) is 1.21. The van der Waals surface area contributed by atoms with Gasteiger partial charge in [0.1, 0.15) is 0 Å². The van der Waals surface area contributed by atoms with E-state index in [2.05, 4.69) is 23.6 Å². The molecule has 5 heteroatoms. The molecule has 2 N–H and O–H groups in total. The number of nitrogens with one attached hydrogen (secondary N) is 1. The van der Waals surface area contributed by atoms with Crippen molar-refractivity contribution in [3.05, 3.63) is 35.4 Å². The molecule has 1 aromatic rings. The summed E-state index contributed by atoms with van der Waals surface area (Å²) >= 11 is 0. The average Bonchev–Trinajstić information content (AvgIpc) is 2.50. The molecule has 1 saturated heterocycles. The molecule has 0 bridgehead atoms. The third kappa shape index (κ3) is 4.27. The van der Waals surface area contributed by atoms with E-state index in [1.165, 1.54) is 18.5 Å². The first-order valence-corrected chi connectivity index (χ1v) is 7.63. The van der Waals surface area contributed by atoms with Gasteiger partial charge in [-0.25, -0.2) is 5.48 Å². The number of amides is 1. The van der Waals surface area contributed by atoms with Gasteiger partial charge in [0.05, 0.1) is 0 Å². The summed E-state index contributed by atoms with van der Waals surface area (Å²) in [5, 5.41) is 8.60. The molecule has 1 heterocycles. The number of nitrogens with zero attached hydrogens (tertiary/aromatic N) is 2. The Morgan fingerprint density at radius 1 is 1.33 bits per heavy atom. The normalized spacial score (nSPS) is 20.4. The first-order valence-electron chi connectivity index (χ1n) is 7.63. The van der Waals surface area contributed by atoms with Gasteiger partial charge in [0.25, 0.3) is 5.91 Å². The molecule has 5 nitrogen and oxygen atoms in total. The van der Waals surface area contributed by atoms with Crippen LogP contribution in [0.5, 0.6) is 0 Å². The summed E-state index contributed by atoms with van der Waals surface area (Å²) in [5.74, 6) is -0.469. The number of piperazine rings is 1. The van der Waals surface area contributed by atoms with Crippen molar-refractivity contribution in [1.82, 2.24) is 15.3 Å². The summed E-state index contributed by atoms with van der Waals surface area (Å²) in [4.78, 5) is 16.3. The summed E-state index contributed by atoms with van der Waals surface area (Å²) in [6, 6.07) is 7.99. The lowest BCUT2D eigenvalue weighted by molar-refractivity contribution is 0.0706. The van der Waals surface area contributed by atoms with E-state index in [9.17, 15) is 4.79 Å². The predicted molar refractivity (Wildman–Crippen MR) is 82.3 cm³/mol. The van der Waals surface area contributed by atoms with Gasteiger partial charge in [-0.2, -0.15) is 0 Å². The zero-order chi connectivity index (χ0) is 15.2. The van der Waals surface area contributed by atoms with Crippen molar-refractivity contribution in [2.75, 3.05) is 26.2 Å². The second-order valence-electron chi connectivity index (χ2n) is 5.76. The smallest absolute Gasteiger partial charge is 0.274 e. The molecule has 21 heavy (non-hydrogen) atoms. The topological polar surface area (TPSA) is 55.8 Å². The Balaban J connectivity index is 1.89. The lowest BCUT2D eigenvalue weighted by atomic mass is 10.1. The fourth-order valence-electron chi connectivity index (χ4n) is 2.92. The van der Waals surface area contributed by atoms with E-state index in [4.69, 9.17) is 5.21 Å². The number of hydroxylamine groups is 1. The standard InChI is InChI=1S/C16H25N3O2/c1-3-8-19-10-9-18(11-13(19)2)12-14-4-6-15(7-5-14)16(20)17-21/h4-7,13,21H,3,8-12H2,1-2H3,(H,17,20)/t13-/m0/s1. The van der Waals surface area contributed by atoms with Crippen LogP contribution in [0.2, 0.25) is 0 Å². The molecule has 1 fully saturated rings. The number of benzene rings is 1. The summed E-state index contributed by atoms with van der Waals surface area (Å²) in [6.45, 7) is 9.90. The summed E-state index contributed by atoms with van der Waals surface area (Å²) < 4.78 is 0. The molecular formula is C16H25N3O2. The molecule has 0 radical (unpaired) electrons. The minimum atomic E-state index is -0.469. The van der Waals surface area contributed by atoms with Crippen LogP contribution in [0.4, 0.5) is 0 Å². The van der Waals surface area contributed by atoms with Crippen molar-refractivity contribution in [1.29, 1.82) is 0 Å². The highest BCUT2D eigenvalue weighted by molar-refractivity contribution is 5.93. The molecule has 0 saturated carbocycles. The largest absolute Gasteiger partial charge is 0.298 e. The molecule has 1 aliphatic heterocycles. The van der Waals surface area contributed by atoms with Gasteiger partial charge in [0, 0.05) is 37.8 Å². The monoisotopic (exact) mass is 291 g/mol. The van der Waals surface area contributed by atoms with E-state index < -0.39 is 5.91 Å². The van der Waals surface area contributed by atoms with E-state index >= 15 is 0 Å².